The number of methoxy groups -OCH3 is 1. The first-order valence-electron chi connectivity index (χ1n) is 14.2. The van der Waals surface area contributed by atoms with Gasteiger partial charge in [-0.1, -0.05) is 49.1 Å². The van der Waals surface area contributed by atoms with Gasteiger partial charge in [-0.05, 0) is 89.3 Å². The van der Waals surface area contributed by atoms with Gasteiger partial charge < -0.3 is 25.0 Å². The Hall–Kier alpha value is -3.20. The molecule has 3 amide bonds. The molecule has 2 N–H and O–H groups in total. The molecular formula is C32H47N3O5S. The number of anilines is 1. The Morgan fingerprint density at radius 3 is 2.17 bits per heavy atom. The van der Waals surface area contributed by atoms with Crippen LogP contribution in [0.4, 0.5) is 10.5 Å². The Labute approximate surface area is 249 Å². The van der Waals surface area contributed by atoms with E-state index in [0.717, 1.165) is 36.0 Å². The van der Waals surface area contributed by atoms with Crippen molar-refractivity contribution in [2.75, 3.05) is 31.0 Å². The average molecular weight is 586 g/mol. The zero-order valence-electron chi connectivity index (χ0n) is 25.8. The topological polar surface area (TPSA) is 97.0 Å². The summed E-state index contributed by atoms with van der Waals surface area (Å²) in [6.07, 6.45) is 4.29. The molecule has 2 aromatic rings. The molecule has 2 aromatic carbocycles. The largest absolute Gasteiger partial charge is 0.497 e. The minimum absolute atomic E-state index is 0.310. The molecule has 0 saturated carbocycles. The molecule has 0 fully saturated rings. The molecule has 2 rings (SSSR count). The number of thioether (sulfide) groups is 1. The van der Waals surface area contributed by atoms with Crippen molar-refractivity contribution in [3.05, 3.63) is 59.2 Å². The molecule has 0 aliphatic heterocycles. The van der Waals surface area contributed by atoms with E-state index in [2.05, 4.69) is 17.6 Å². The summed E-state index contributed by atoms with van der Waals surface area (Å²) in [4.78, 5) is 42.8. The van der Waals surface area contributed by atoms with Gasteiger partial charge in [0, 0.05) is 12.2 Å². The highest BCUT2D eigenvalue weighted by Crippen LogP contribution is 2.28. The quantitative estimate of drug-likeness (QED) is 0.241. The van der Waals surface area contributed by atoms with Gasteiger partial charge >= 0.3 is 6.09 Å². The van der Waals surface area contributed by atoms with E-state index >= 15 is 0 Å². The van der Waals surface area contributed by atoms with E-state index in [1.54, 1.807) is 68.8 Å². The van der Waals surface area contributed by atoms with E-state index in [4.69, 9.17) is 9.47 Å². The molecule has 0 radical (unpaired) electrons. The minimum atomic E-state index is -0.905. The highest BCUT2D eigenvalue weighted by Gasteiger charge is 2.36. The second kappa shape index (κ2) is 16.3. The summed E-state index contributed by atoms with van der Waals surface area (Å²) < 4.78 is 10.7. The molecule has 0 saturated heterocycles. The summed E-state index contributed by atoms with van der Waals surface area (Å²) >= 11 is 1.59. The highest BCUT2D eigenvalue weighted by atomic mass is 32.2. The third kappa shape index (κ3) is 11.3. The number of hydrogen-bond acceptors (Lipinski definition) is 6. The smallest absolute Gasteiger partial charge is 0.408 e. The summed E-state index contributed by atoms with van der Waals surface area (Å²) in [5.41, 5.74) is 2.59. The normalized spacial score (nSPS) is 12.7. The number of aryl methyl sites for hydroxylation is 2. The number of benzene rings is 2. The minimum Gasteiger partial charge on any atom is -0.497 e. The van der Waals surface area contributed by atoms with Gasteiger partial charge in [0.1, 0.15) is 23.4 Å². The van der Waals surface area contributed by atoms with Crippen molar-refractivity contribution < 1.29 is 23.9 Å². The zero-order chi connectivity index (χ0) is 30.6. The third-order valence-electron chi connectivity index (χ3n) is 6.36. The Bertz CT molecular complexity index is 1130. The number of rotatable bonds is 14. The number of unbranched alkanes of at least 4 members (excludes halogenated alkanes) is 2. The molecule has 226 valence electrons. The molecule has 9 heteroatoms. The van der Waals surface area contributed by atoms with Crippen LogP contribution in [0.25, 0.3) is 0 Å². The van der Waals surface area contributed by atoms with Crippen LogP contribution >= 0.6 is 11.8 Å². The number of nitrogens with zero attached hydrogens (tertiary/aromatic N) is 1. The Morgan fingerprint density at radius 2 is 1.63 bits per heavy atom. The first-order chi connectivity index (χ1) is 19.4. The standard InChI is InChI=1S/C32H47N3O5S/c1-9-10-11-17-35(30(37)27(16-18-41-8)34-31(38)40-32(4,5)6)28(24-20-22(2)19-23(3)21-24)29(36)33-25-12-14-26(39-7)15-13-25/h12-15,19-21,27-28H,9-11,16-18H2,1-8H3,(H,33,36)(H,34,38). The molecule has 0 heterocycles. The van der Waals surface area contributed by atoms with Crippen LogP contribution in [-0.2, 0) is 14.3 Å². The fraction of sp³-hybridized carbons (Fsp3) is 0.531. The van der Waals surface area contributed by atoms with Crippen molar-refractivity contribution in [3.63, 3.8) is 0 Å². The van der Waals surface area contributed by atoms with E-state index in [9.17, 15) is 14.4 Å². The van der Waals surface area contributed by atoms with Crippen molar-refractivity contribution >= 4 is 35.4 Å². The molecule has 2 atom stereocenters. The number of carbonyl (C=O) groups excluding carboxylic acids is 3. The summed E-state index contributed by atoms with van der Waals surface area (Å²) in [7, 11) is 1.59. The Balaban J connectivity index is 2.55. The van der Waals surface area contributed by atoms with Crippen LogP contribution in [-0.4, -0.2) is 60.1 Å². The van der Waals surface area contributed by atoms with Gasteiger partial charge in [-0.15, -0.1) is 0 Å². The second-order valence-corrected chi connectivity index (χ2v) is 12.2. The number of hydrogen-bond donors (Lipinski definition) is 2. The van der Waals surface area contributed by atoms with E-state index < -0.39 is 23.8 Å². The van der Waals surface area contributed by atoms with Crippen LogP contribution in [0.15, 0.2) is 42.5 Å². The van der Waals surface area contributed by atoms with Gasteiger partial charge in [0.2, 0.25) is 5.91 Å². The number of alkyl carbamates (subject to hydrolysis) is 1. The molecule has 0 spiro atoms. The van der Waals surface area contributed by atoms with Gasteiger partial charge in [0.05, 0.1) is 7.11 Å². The molecule has 0 aliphatic carbocycles. The lowest BCUT2D eigenvalue weighted by Crippen LogP contribution is -2.52. The Kier molecular flexibility index (Phi) is 13.5. The number of carbonyl (C=O) groups is 3. The van der Waals surface area contributed by atoms with Crippen molar-refractivity contribution in [2.45, 2.75) is 84.9 Å². The van der Waals surface area contributed by atoms with Crippen LogP contribution in [0.5, 0.6) is 5.75 Å². The first-order valence-corrected chi connectivity index (χ1v) is 15.6. The molecular weight excluding hydrogens is 538 g/mol. The molecule has 2 unspecified atom stereocenters. The summed E-state index contributed by atoms with van der Waals surface area (Å²) in [6, 6.07) is 11.3. The molecule has 41 heavy (non-hydrogen) atoms. The maximum atomic E-state index is 14.3. The van der Waals surface area contributed by atoms with Gasteiger partial charge in [-0.3, -0.25) is 9.59 Å². The Morgan fingerprint density at radius 1 is 1.00 bits per heavy atom. The van der Waals surface area contributed by atoms with Gasteiger partial charge in [-0.2, -0.15) is 11.8 Å². The molecule has 0 aromatic heterocycles. The molecule has 8 nitrogen and oxygen atoms in total. The highest BCUT2D eigenvalue weighted by molar-refractivity contribution is 7.98. The fourth-order valence-electron chi connectivity index (χ4n) is 4.57. The predicted molar refractivity (Wildman–Crippen MR) is 168 cm³/mol. The first kappa shape index (κ1) is 34.0. The van der Waals surface area contributed by atoms with E-state index in [1.807, 2.05) is 38.3 Å². The van der Waals surface area contributed by atoms with Crippen molar-refractivity contribution in [1.82, 2.24) is 10.2 Å². The van der Waals surface area contributed by atoms with E-state index in [-0.39, 0.29) is 11.8 Å². The molecule has 0 aliphatic rings. The lowest BCUT2D eigenvalue weighted by atomic mass is 9.97. The van der Waals surface area contributed by atoms with Crippen LogP contribution in [0.1, 0.15) is 76.1 Å². The summed E-state index contributed by atoms with van der Waals surface area (Å²) in [6.45, 7) is 11.8. The van der Waals surface area contributed by atoms with Crippen LogP contribution < -0.4 is 15.4 Å². The van der Waals surface area contributed by atoms with Crippen molar-refractivity contribution in [1.29, 1.82) is 0 Å². The van der Waals surface area contributed by atoms with E-state index in [1.165, 1.54) is 0 Å². The lowest BCUT2D eigenvalue weighted by molar-refractivity contribution is -0.141. The lowest BCUT2D eigenvalue weighted by Gasteiger charge is -2.35. The average Bonchev–Trinajstić information content (AvgIpc) is 2.89. The fourth-order valence-corrected chi connectivity index (χ4v) is 5.04. The van der Waals surface area contributed by atoms with Gasteiger partial charge in [0.15, 0.2) is 0 Å². The number of ether oxygens (including phenoxy) is 2. The zero-order valence-corrected chi connectivity index (χ0v) is 26.7. The van der Waals surface area contributed by atoms with Crippen LogP contribution in [0, 0.1) is 13.8 Å². The number of amides is 3. The van der Waals surface area contributed by atoms with Gasteiger partial charge in [0.25, 0.3) is 5.91 Å². The summed E-state index contributed by atoms with van der Waals surface area (Å²) in [5, 5.41) is 5.80. The second-order valence-electron chi connectivity index (χ2n) is 11.3. The van der Waals surface area contributed by atoms with Crippen LogP contribution in [0.3, 0.4) is 0 Å². The van der Waals surface area contributed by atoms with Gasteiger partial charge in [-0.25, -0.2) is 4.79 Å². The predicted octanol–water partition coefficient (Wildman–Crippen LogP) is 6.66. The van der Waals surface area contributed by atoms with Crippen molar-refractivity contribution in [3.8, 4) is 5.75 Å². The molecule has 0 bridgehead atoms. The van der Waals surface area contributed by atoms with E-state index in [0.29, 0.717) is 30.2 Å². The third-order valence-corrected chi connectivity index (χ3v) is 7.01. The van der Waals surface area contributed by atoms with Crippen molar-refractivity contribution in [2.24, 2.45) is 0 Å². The number of nitrogens with one attached hydrogen (secondary N) is 2. The maximum Gasteiger partial charge on any atom is 0.408 e. The van der Waals surface area contributed by atoms with Crippen LogP contribution in [0.2, 0.25) is 0 Å². The SMILES string of the molecule is CCCCCN(C(=O)C(CCSC)NC(=O)OC(C)(C)C)C(C(=O)Nc1ccc(OC)cc1)c1cc(C)cc(C)c1. The monoisotopic (exact) mass is 585 g/mol. The maximum absolute atomic E-state index is 14.3. The summed E-state index contributed by atoms with van der Waals surface area (Å²) in [5.74, 6) is 0.692.